The first-order valence-corrected chi connectivity index (χ1v) is 12.4. The maximum atomic E-state index is 13.3. The molecule has 4 rings (SSSR count). The van der Waals surface area contributed by atoms with Crippen molar-refractivity contribution in [2.24, 2.45) is 5.41 Å². The average Bonchev–Trinajstić information content (AvgIpc) is 3.07. The van der Waals surface area contributed by atoms with Crippen molar-refractivity contribution in [3.8, 4) is 11.1 Å². The molecule has 3 aromatic rings. The molecule has 0 N–H and O–H groups in total. The molecule has 2 aromatic carbocycles. The van der Waals surface area contributed by atoms with Crippen LogP contribution in [0, 0.1) is 5.41 Å². The summed E-state index contributed by atoms with van der Waals surface area (Å²) in [5.41, 5.74) is 3.02. The summed E-state index contributed by atoms with van der Waals surface area (Å²) < 4.78 is 24.7. The van der Waals surface area contributed by atoms with E-state index < -0.39 is 9.84 Å². The second-order valence-corrected chi connectivity index (χ2v) is 11.8. The third kappa shape index (κ3) is 3.77. The van der Waals surface area contributed by atoms with Gasteiger partial charge in [-0.05, 0) is 28.5 Å². The highest BCUT2D eigenvalue weighted by atomic mass is 32.2. The van der Waals surface area contributed by atoms with Crippen molar-refractivity contribution in [3.63, 3.8) is 0 Å². The van der Waals surface area contributed by atoms with Crippen LogP contribution >= 0.6 is 11.3 Å². The standard InChI is InChI=1S/C24H22O4S2/c1-24(2)13-18-20(19(25)14-24)23(30(3,27)28)29-22(18)21(26)17-11-9-16(10-12-17)15-7-5-4-6-8-15/h4-12H,13-14H2,1-3H3. The summed E-state index contributed by atoms with van der Waals surface area (Å²) in [7, 11) is -3.61. The lowest BCUT2D eigenvalue weighted by atomic mass is 9.74. The number of rotatable bonds is 4. The van der Waals surface area contributed by atoms with Gasteiger partial charge in [-0.1, -0.05) is 68.4 Å². The summed E-state index contributed by atoms with van der Waals surface area (Å²) in [6, 6.07) is 17.1. The SMILES string of the molecule is CC1(C)CC(=O)c2c(S(C)(=O)=O)sc(C(=O)c3ccc(-c4ccccc4)cc3)c2C1. The molecule has 1 aromatic heterocycles. The van der Waals surface area contributed by atoms with Crippen LogP contribution in [0.5, 0.6) is 0 Å². The first-order valence-electron chi connectivity index (χ1n) is 9.66. The minimum Gasteiger partial charge on any atom is -0.294 e. The number of carbonyl (C=O) groups is 2. The summed E-state index contributed by atoms with van der Waals surface area (Å²) in [6.45, 7) is 3.93. The minimum absolute atomic E-state index is 0.0160. The van der Waals surface area contributed by atoms with E-state index in [0.717, 1.165) is 28.7 Å². The lowest BCUT2D eigenvalue weighted by Crippen LogP contribution is -2.28. The molecule has 0 fully saturated rings. The highest BCUT2D eigenvalue weighted by Crippen LogP contribution is 2.44. The Bertz CT molecular complexity index is 1250. The molecule has 0 saturated heterocycles. The fraction of sp³-hybridized carbons (Fsp3) is 0.250. The molecule has 4 nitrogen and oxygen atoms in total. The van der Waals surface area contributed by atoms with Crippen molar-refractivity contribution in [3.05, 3.63) is 76.2 Å². The Kier molecular flexibility index (Phi) is 5.03. The largest absolute Gasteiger partial charge is 0.294 e. The summed E-state index contributed by atoms with van der Waals surface area (Å²) in [5, 5.41) is 0. The van der Waals surface area contributed by atoms with E-state index in [2.05, 4.69) is 0 Å². The van der Waals surface area contributed by atoms with E-state index in [-0.39, 0.29) is 33.2 Å². The summed E-state index contributed by atoms with van der Waals surface area (Å²) in [4.78, 5) is 26.5. The molecule has 0 unspecified atom stereocenters. The van der Waals surface area contributed by atoms with Crippen molar-refractivity contribution >= 4 is 32.7 Å². The van der Waals surface area contributed by atoms with Crippen LogP contribution in [0.1, 0.15) is 51.4 Å². The summed E-state index contributed by atoms with van der Waals surface area (Å²) in [5.74, 6) is -0.437. The van der Waals surface area contributed by atoms with E-state index in [4.69, 9.17) is 0 Å². The third-order valence-electron chi connectivity index (χ3n) is 5.35. The van der Waals surface area contributed by atoms with Gasteiger partial charge in [0, 0.05) is 18.2 Å². The van der Waals surface area contributed by atoms with Gasteiger partial charge in [-0.2, -0.15) is 0 Å². The Labute approximate surface area is 180 Å². The van der Waals surface area contributed by atoms with Gasteiger partial charge < -0.3 is 0 Å². The van der Waals surface area contributed by atoms with Crippen LogP contribution < -0.4 is 0 Å². The molecular formula is C24H22O4S2. The molecule has 1 heterocycles. The molecular weight excluding hydrogens is 416 g/mol. The molecule has 0 atom stereocenters. The molecule has 6 heteroatoms. The molecule has 0 aliphatic heterocycles. The van der Waals surface area contributed by atoms with Crippen LogP contribution in [-0.4, -0.2) is 26.2 Å². The lowest BCUT2D eigenvalue weighted by Gasteiger charge is -2.29. The second kappa shape index (κ2) is 7.29. The quantitative estimate of drug-likeness (QED) is 0.525. The molecule has 30 heavy (non-hydrogen) atoms. The number of carbonyl (C=O) groups excluding carboxylic acids is 2. The summed E-state index contributed by atoms with van der Waals surface area (Å²) in [6.07, 6.45) is 1.87. The predicted molar refractivity (Wildman–Crippen MR) is 119 cm³/mol. The second-order valence-electron chi connectivity index (χ2n) is 8.56. The highest BCUT2D eigenvalue weighted by molar-refractivity contribution is 7.92. The van der Waals surface area contributed by atoms with Crippen LogP contribution in [0.15, 0.2) is 58.8 Å². The predicted octanol–water partition coefficient (Wildman–Crippen LogP) is 5.20. The molecule has 0 bridgehead atoms. The van der Waals surface area contributed by atoms with Crippen LogP contribution in [0.2, 0.25) is 0 Å². The smallest absolute Gasteiger partial charge is 0.203 e. The van der Waals surface area contributed by atoms with E-state index >= 15 is 0 Å². The number of fused-ring (bicyclic) bond motifs is 1. The molecule has 154 valence electrons. The average molecular weight is 439 g/mol. The topological polar surface area (TPSA) is 68.3 Å². The van der Waals surface area contributed by atoms with E-state index in [1.165, 1.54) is 0 Å². The maximum Gasteiger partial charge on any atom is 0.203 e. The van der Waals surface area contributed by atoms with Crippen molar-refractivity contribution in [2.75, 3.05) is 6.26 Å². The Morgan fingerprint density at radius 1 is 0.933 bits per heavy atom. The highest BCUT2D eigenvalue weighted by Gasteiger charge is 2.39. The van der Waals surface area contributed by atoms with Crippen molar-refractivity contribution in [1.29, 1.82) is 0 Å². The van der Waals surface area contributed by atoms with Gasteiger partial charge in [-0.25, -0.2) is 8.42 Å². The van der Waals surface area contributed by atoms with Gasteiger partial charge in [-0.15, -0.1) is 11.3 Å². The van der Waals surface area contributed by atoms with Crippen LogP contribution in [0.25, 0.3) is 11.1 Å². The fourth-order valence-corrected chi connectivity index (χ4v) is 6.47. The Balaban J connectivity index is 1.79. The zero-order chi connectivity index (χ0) is 21.7. The number of hydrogen-bond donors (Lipinski definition) is 0. The van der Waals surface area contributed by atoms with Gasteiger partial charge in [0.25, 0.3) is 0 Å². The third-order valence-corrected chi connectivity index (χ3v) is 8.41. The zero-order valence-corrected chi connectivity index (χ0v) is 18.7. The van der Waals surface area contributed by atoms with Crippen LogP contribution in [0.4, 0.5) is 0 Å². The van der Waals surface area contributed by atoms with Gasteiger partial charge in [0.05, 0.1) is 10.4 Å². The van der Waals surface area contributed by atoms with Gasteiger partial charge in [0.1, 0.15) is 4.21 Å². The Morgan fingerprint density at radius 3 is 2.13 bits per heavy atom. The minimum atomic E-state index is -3.61. The van der Waals surface area contributed by atoms with E-state index in [1.807, 2.05) is 56.3 Å². The number of sulfone groups is 1. The van der Waals surface area contributed by atoms with Gasteiger partial charge >= 0.3 is 0 Å². The van der Waals surface area contributed by atoms with Crippen molar-refractivity contribution in [2.45, 2.75) is 30.9 Å². The normalized spacial score (nSPS) is 15.6. The lowest BCUT2D eigenvalue weighted by molar-refractivity contribution is 0.0909. The first kappa shape index (κ1) is 20.7. The van der Waals surface area contributed by atoms with E-state index in [0.29, 0.717) is 22.4 Å². The van der Waals surface area contributed by atoms with Crippen LogP contribution in [-0.2, 0) is 16.3 Å². The van der Waals surface area contributed by atoms with Gasteiger partial charge in [0.15, 0.2) is 15.6 Å². The van der Waals surface area contributed by atoms with Crippen molar-refractivity contribution < 1.29 is 18.0 Å². The van der Waals surface area contributed by atoms with Gasteiger partial charge in [-0.3, -0.25) is 9.59 Å². The number of thiophene rings is 1. The van der Waals surface area contributed by atoms with Crippen molar-refractivity contribution in [1.82, 2.24) is 0 Å². The number of Topliss-reactive ketones (excluding diaryl/α,β-unsaturated/α-hetero) is 1. The number of benzene rings is 2. The zero-order valence-electron chi connectivity index (χ0n) is 17.1. The fourth-order valence-electron chi connectivity index (χ4n) is 3.98. The molecule has 0 saturated carbocycles. The number of hydrogen-bond acceptors (Lipinski definition) is 5. The number of ketones is 2. The monoisotopic (exact) mass is 438 g/mol. The molecule has 0 spiro atoms. The summed E-state index contributed by atoms with van der Waals surface area (Å²) >= 11 is 0.932. The van der Waals surface area contributed by atoms with E-state index in [1.54, 1.807) is 12.1 Å². The molecule has 0 radical (unpaired) electrons. The Hall–Kier alpha value is -2.57. The molecule has 1 aliphatic rings. The molecule has 1 aliphatic carbocycles. The van der Waals surface area contributed by atoms with E-state index in [9.17, 15) is 18.0 Å². The van der Waals surface area contributed by atoms with Gasteiger partial charge in [0.2, 0.25) is 5.78 Å². The molecule has 0 amide bonds. The maximum absolute atomic E-state index is 13.3. The van der Waals surface area contributed by atoms with Crippen LogP contribution in [0.3, 0.4) is 0 Å². The Morgan fingerprint density at radius 2 is 1.53 bits per heavy atom. The first-order chi connectivity index (χ1) is 14.1.